The number of anilines is 3. The normalized spacial score (nSPS) is 13.1. The molecule has 0 radical (unpaired) electrons. The number of ketones is 1. The molecule has 1 aliphatic rings. The molecule has 0 saturated heterocycles. The molecule has 29 heavy (non-hydrogen) atoms. The van der Waals surface area contributed by atoms with Crippen LogP contribution in [0.15, 0.2) is 42.6 Å². The van der Waals surface area contributed by atoms with Gasteiger partial charge in [-0.05, 0) is 49.2 Å². The first kappa shape index (κ1) is 18.9. The summed E-state index contributed by atoms with van der Waals surface area (Å²) in [5, 5.41) is 6.04. The molecule has 2 aromatic heterocycles. The van der Waals surface area contributed by atoms with Gasteiger partial charge in [0.15, 0.2) is 5.78 Å². The van der Waals surface area contributed by atoms with Crippen LogP contribution in [-0.4, -0.2) is 21.7 Å². The fraction of sp³-hybridized carbons (Fsp3) is 0.227. The number of benzene rings is 1. The number of pyridine rings is 1. The molecule has 0 bridgehead atoms. The zero-order valence-corrected chi connectivity index (χ0v) is 16.0. The third-order valence-corrected chi connectivity index (χ3v) is 4.94. The van der Waals surface area contributed by atoms with Gasteiger partial charge in [0.1, 0.15) is 11.6 Å². The van der Waals surface area contributed by atoms with E-state index in [-0.39, 0.29) is 17.5 Å². The Morgan fingerprint density at radius 3 is 2.76 bits per heavy atom. The van der Waals surface area contributed by atoms with E-state index in [0.29, 0.717) is 35.6 Å². The van der Waals surface area contributed by atoms with E-state index < -0.39 is 0 Å². The summed E-state index contributed by atoms with van der Waals surface area (Å²) >= 11 is 0. The average Bonchev–Trinajstić information content (AvgIpc) is 3.09. The number of halogens is 1. The first-order valence-corrected chi connectivity index (χ1v) is 9.62. The number of hydrogen-bond donors (Lipinski definition) is 3. The SMILES string of the molecule is CCC(=O)Nc1cc(-c2[nH]c3c(c2Nc2ccc(F)cc2)C(=O)CCC3)ccn1. The number of nitrogens with one attached hydrogen (secondary N) is 3. The van der Waals surface area contributed by atoms with E-state index in [1.165, 1.54) is 12.1 Å². The van der Waals surface area contributed by atoms with Crippen LogP contribution in [0, 0.1) is 5.82 Å². The zero-order valence-electron chi connectivity index (χ0n) is 16.0. The van der Waals surface area contributed by atoms with Crippen LogP contribution in [0.1, 0.15) is 42.2 Å². The molecular weight excluding hydrogens is 371 g/mol. The molecule has 0 fully saturated rings. The molecule has 4 rings (SSSR count). The van der Waals surface area contributed by atoms with Crippen LogP contribution >= 0.6 is 0 Å². The Labute approximate surface area is 167 Å². The van der Waals surface area contributed by atoms with Crippen molar-refractivity contribution >= 4 is 28.9 Å². The Kier molecular flexibility index (Phi) is 5.12. The van der Waals surface area contributed by atoms with Crippen LogP contribution in [0.25, 0.3) is 11.3 Å². The number of aromatic amines is 1. The second kappa shape index (κ2) is 7.87. The summed E-state index contributed by atoms with van der Waals surface area (Å²) in [6.45, 7) is 1.77. The highest BCUT2D eigenvalue weighted by atomic mass is 19.1. The van der Waals surface area contributed by atoms with Crippen LogP contribution in [0.3, 0.4) is 0 Å². The molecule has 3 aromatic rings. The first-order valence-electron chi connectivity index (χ1n) is 9.62. The van der Waals surface area contributed by atoms with Crippen molar-refractivity contribution in [2.75, 3.05) is 10.6 Å². The minimum Gasteiger partial charge on any atom is -0.356 e. The summed E-state index contributed by atoms with van der Waals surface area (Å²) in [5.41, 5.74) is 4.40. The fourth-order valence-corrected chi connectivity index (χ4v) is 3.50. The lowest BCUT2D eigenvalue weighted by atomic mass is 9.95. The number of carbonyl (C=O) groups excluding carboxylic acids is 2. The van der Waals surface area contributed by atoms with Gasteiger partial charge in [-0.25, -0.2) is 9.37 Å². The van der Waals surface area contributed by atoms with E-state index in [0.717, 1.165) is 29.8 Å². The van der Waals surface area contributed by atoms with E-state index in [4.69, 9.17) is 0 Å². The third-order valence-electron chi connectivity index (χ3n) is 4.94. The van der Waals surface area contributed by atoms with Gasteiger partial charge in [0.25, 0.3) is 0 Å². The number of Topliss-reactive ketones (excluding diaryl/α,β-unsaturated/α-hetero) is 1. The van der Waals surface area contributed by atoms with Crippen molar-refractivity contribution in [3.05, 3.63) is 59.7 Å². The number of nitrogens with zero attached hydrogens (tertiary/aromatic N) is 1. The van der Waals surface area contributed by atoms with Crippen molar-refractivity contribution in [3.8, 4) is 11.3 Å². The van der Waals surface area contributed by atoms with Crippen LogP contribution in [0.5, 0.6) is 0 Å². The van der Waals surface area contributed by atoms with Gasteiger partial charge in [-0.1, -0.05) is 6.92 Å². The summed E-state index contributed by atoms with van der Waals surface area (Å²) in [6.07, 6.45) is 4.05. The van der Waals surface area contributed by atoms with Gasteiger partial charge in [0.05, 0.1) is 16.9 Å². The summed E-state index contributed by atoms with van der Waals surface area (Å²) in [6, 6.07) is 9.59. The Bertz CT molecular complexity index is 1070. The maximum absolute atomic E-state index is 13.3. The number of amides is 1. The van der Waals surface area contributed by atoms with E-state index in [1.807, 2.05) is 6.07 Å². The van der Waals surface area contributed by atoms with E-state index >= 15 is 0 Å². The highest BCUT2D eigenvalue weighted by Crippen LogP contribution is 2.39. The number of carbonyl (C=O) groups is 2. The second-order valence-corrected chi connectivity index (χ2v) is 6.97. The maximum Gasteiger partial charge on any atom is 0.225 e. The zero-order chi connectivity index (χ0) is 20.4. The van der Waals surface area contributed by atoms with E-state index in [1.54, 1.807) is 31.3 Å². The van der Waals surface area contributed by atoms with Crippen LogP contribution in [-0.2, 0) is 11.2 Å². The number of fused-ring (bicyclic) bond motifs is 1. The van der Waals surface area contributed by atoms with Crippen LogP contribution in [0.2, 0.25) is 0 Å². The third kappa shape index (κ3) is 3.89. The van der Waals surface area contributed by atoms with E-state index in [2.05, 4.69) is 20.6 Å². The quantitative estimate of drug-likeness (QED) is 0.581. The summed E-state index contributed by atoms with van der Waals surface area (Å²) in [7, 11) is 0. The van der Waals surface area contributed by atoms with Gasteiger partial charge < -0.3 is 15.6 Å². The lowest BCUT2D eigenvalue weighted by Gasteiger charge is -2.14. The van der Waals surface area contributed by atoms with E-state index in [9.17, 15) is 14.0 Å². The molecule has 6 nitrogen and oxygen atoms in total. The van der Waals surface area contributed by atoms with Crippen molar-refractivity contribution < 1.29 is 14.0 Å². The van der Waals surface area contributed by atoms with Gasteiger partial charge in [-0.15, -0.1) is 0 Å². The number of H-pyrrole nitrogens is 1. The van der Waals surface area contributed by atoms with Crippen molar-refractivity contribution in [1.29, 1.82) is 0 Å². The number of hydrogen-bond acceptors (Lipinski definition) is 4. The predicted molar refractivity (Wildman–Crippen MR) is 110 cm³/mol. The lowest BCUT2D eigenvalue weighted by Crippen LogP contribution is -2.11. The van der Waals surface area contributed by atoms with Crippen molar-refractivity contribution in [3.63, 3.8) is 0 Å². The monoisotopic (exact) mass is 392 g/mol. The molecular formula is C22H21FN4O2. The van der Waals surface area contributed by atoms with Crippen LogP contribution < -0.4 is 10.6 Å². The molecule has 0 unspecified atom stereocenters. The van der Waals surface area contributed by atoms with Crippen LogP contribution in [0.4, 0.5) is 21.6 Å². The number of aryl methyl sites for hydroxylation is 1. The number of aromatic nitrogens is 2. The molecule has 7 heteroatoms. The molecule has 1 aliphatic carbocycles. The second-order valence-electron chi connectivity index (χ2n) is 6.97. The van der Waals surface area contributed by atoms with Crippen molar-refractivity contribution in [1.82, 2.24) is 9.97 Å². The molecule has 0 atom stereocenters. The smallest absolute Gasteiger partial charge is 0.225 e. The Morgan fingerprint density at radius 1 is 1.21 bits per heavy atom. The molecule has 1 aromatic carbocycles. The molecule has 3 N–H and O–H groups in total. The topological polar surface area (TPSA) is 86.9 Å². The summed E-state index contributed by atoms with van der Waals surface area (Å²) in [5.74, 6) is 0.0709. The predicted octanol–water partition coefficient (Wildman–Crippen LogP) is 4.83. The molecule has 1 amide bonds. The Balaban J connectivity index is 1.79. The molecule has 148 valence electrons. The molecule has 2 heterocycles. The first-order chi connectivity index (χ1) is 14.0. The largest absolute Gasteiger partial charge is 0.356 e. The van der Waals surface area contributed by atoms with Gasteiger partial charge in [-0.3, -0.25) is 9.59 Å². The Morgan fingerprint density at radius 2 is 2.00 bits per heavy atom. The lowest BCUT2D eigenvalue weighted by molar-refractivity contribution is -0.115. The molecule has 0 aliphatic heterocycles. The van der Waals surface area contributed by atoms with Gasteiger partial charge in [0.2, 0.25) is 5.91 Å². The minimum atomic E-state index is -0.326. The highest BCUT2D eigenvalue weighted by molar-refractivity contribution is 6.07. The van der Waals surface area contributed by atoms with Gasteiger partial charge in [0, 0.05) is 36.0 Å². The van der Waals surface area contributed by atoms with Gasteiger partial charge >= 0.3 is 0 Å². The summed E-state index contributed by atoms with van der Waals surface area (Å²) < 4.78 is 13.3. The summed E-state index contributed by atoms with van der Waals surface area (Å²) in [4.78, 5) is 32.0. The maximum atomic E-state index is 13.3. The number of rotatable bonds is 5. The Hall–Kier alpha value is -3.48. The standard InChI is InChI=1S/C22H21FN4O2/c1-2-19(29)27-18-12-13(10-11-24-18)21-22(25-15-8-6-14(23)7-9-15)20-16(26-21)4-3-5-17(20)28/h6-12,25-26H,2-5H2,1H3,(H,24,27,29). The fourth-order valence-electron chi connectivity index (χ4n) is 3.50. The highest BCUT2D eigenvalue weighted by Gasteiger charge is 2.27. The van der Waals surface area contributed by atoms with Gasteiger partial charge in [-0.2, -0.15) is 0 Å². The molecule has 0 saturated carbocycles. The molecule has 0 spiro atoms. The van der Waals surface area contributed by atoms with Crippen molar-refractivity contribution in [2.45, 2.75) is 32.6 Å². The average molecular weight is 392 g/mol. The minimum absolute atomic E-state index is 0.0759. The van der Waals surface area contributed by atoms with Crippen molar-refractivity contribution in [2.24, 2.45) is 0 Å².